The van der Waals surface area contributed by atoms with E-state index in [1.165, 1.54) is 0 Å². The van der Waals surface area contributed by atoms with Crippen molar-refractivity contribution in [2.45, 2.75) is 31.6 Å². The Balaban J connectivity index is 1.59. The van der Waals surface area contributed by atoms with E-state index >= 15 is 0 Å². The van der Waals surface area contributed by atoms with E-state index in [1.807, 2.05) is 24.4 Å². The zero-order valence-corrected chi connectivity index (χ0v) is 22.0. The Morgan fingerprint density at radius 3 is 2.68 bits per heavy atom. The SMILES string of the molecule is Cc1nn(-c2ccccc2C(=O)O)c2c1[C@@H](c1ccc(Cl)cc1Cl)C1=C(C[C@@H](c3cccs3)CC1=O)N2. The minimum Gasteiger partial charge on any atom is -0.478 e. The van der Waals surface area contributed by atoms with E-state index in [0.29, 0.717) is 45.7 Å². The van der Waals surface area contributed by atoms with E-state index in [2.05, 4.69) is 11.4 Å². The van der Waals surface area contributed by atoms with E-state index in [0.717, 1.165) is 21.7 Å². The number of carboxylic acid groups (broad SMARTS) is 1. The maximum absolute atomic E-state index is 13.8. The first kappa shape index (κ1) is 24.0. The van der Waals surface area contributed by atoms with Gasteiger partial charge in [0.1, 0.15) is 5.82 Å². The van der Waals surface area contributed by atoms with Crippen LogP contribution in [-0.2, 0) is 4.79 Å². The molecule has 0 spiro atoms. The number of carboxylic acids is 1. The number of carbonyl (C=O) groups excluding carboxylic acids is 1. The monoisotopic (exact) mass is 549 g/mol. The molecule has 2 N–H and O–H groups in total. The van der Waals surface area contributed by atoms with Crippen LogP contribution in [0.5, 0.6) is 0 Å². The van der Waals surface area contributed by atoms with Gasteiger partial charge in [-0.2, -0.15) is 5.10 Å². The average Bonchev–Trinajstić information content (AvgIpc) is 3.52. The van der Waals surface area contributed by atoms with Gasteiger partial charge >= 0.3 is 5.97 Å². The lowest BCUT2D eigenvalue weighted by molar-refractivity contribution is -0.116. The van der Waals surface area contributed by atoms with Gasteiger partial charge in [0.2, 0.25) is 0 Å². The summed E-state index contributed by atoms with van der Waals surface area (Å²) in [6, 6.07) is 16.1. The third-order valence-electron chi connectivity index (χ3n) is 7.04. The Kier molecular flexibility index (Phi) is 5.94. The summed E-state index contributed by atoms with van der Waals surface area (Å²) in [7, 11) is 0. The summed E-state index contributed by atoms with van der Waals surface area (Å²) in [5.74, 6) is -0.743. The van der Waals surface area contributed by atoms with Crippen molar-refractivity contribution in [3.8, 4) is 5.69 Å². The van der Waals surface area contributed by atoms with Crippen molar-refractivity contribution >= 4 is 52.1 Å². The number of nitrogens with zero attached hydrogens (tertiary/aromatic N) is 2. The lowest BCUT2D eigenvalue weighted by Gasteiger charge is -2.35. The van der Waals surface area contributed by atoms with Gasteiger partial charge in [0.15, 0.2) is 5.78 Å². The fourth-order valence-electron chi connectivity index (χ4n) is 5.46. The van der Waals surface area contributed by atoms with Gasteiger partial charge < -0.3 is 10.4 Å². The quantitative estimate of drug-likeness (QED) is 0.281. The number of hydrogen-bond acceptors (Lipinski definition) is 5. The fraction of sp³-hybridized carbons (Fsp3) is 0.179. The minimum absolute atomic E-state index is 0.0606. The molecular weight excluding hydrogens is 529 g/mol. The van der Waals surface area contributed by atoms with Gasteiger partial charge in [-0.05, 0) is 54.6 Å². The average molecular weight is 550 g/mol. The molecule has 186 valence electrons. The highest BCUT2D eigenvalue weighted by atomic mass is 35.5. The van der Waals surface area contributed by atoms with E-state index in [1.54, 1.807) is 52.4 Å². The third-order valence-corrected chi connectivity index (χ3v) is 8.64. The van der Waals surface area contributed by atoms with Crippen LogP contribution in [-0.4, -0.2) is 26.6 Å². The highest BCUT2D eigenvalue weighted by Gasteiger charge is 2.42. The first-order valence-electron chi connectivity index (χ1n) is 11.8. The summed E-state index contributed by atoms with van der Waals surface area (Å²) in [5, 5.41) is 21.1. The van der Waals surface area contributed by atoms with Crippen LogP contribution in [0.4, 0.5) is 5.82 Å². The first-order chi connectivity index (χ1) is 17.8. The number of allylic oxidation sites excluding steroid dienone is 2. The van der Waals surface area contributed by atoms with Crippen molar-refractivity contribution in [3.63, 3.8) is 0 Å². The van der Waals surface area contributed by atoms with Crippen LogP contribution in [0.25, 0.3) is 5.69 Å². The molecule has 37 heavy (non-hydrogen) atoms. The molecule has 2 aromatic carbocycles. The molecule has 0 saturated heterocycles. The van der Waals surface area contributed by atoms with Crippen molar-refractivity contribution in [1.82, 2.24) is 9.78 Å². The largest absolute Gasteiger partial charge is 0.478 e. The third kappa shape index (κ3) is 3.98. The van der Waals surface area contributed by atoms with Crippen LogP contribution in [0.3, 0.4) is 0 Å². The number of aromatic nitrogens is 2. The summed E-state index contributed by atoms with van der Waals surface area (Å²) in [4.78, 5) is 27.0. The lowest BCUT2D eigenvalue weighted by Crippen LogP contribution is -2.30. The molecule has 9 heteroatoms. The summed E-state index contributed by atoms with van der Waals surface area (Å²) in [6.45, 7) is 1.87. The van der Waals surface area contributed by atoms with Gasteiger partial charge in [0.05, 0.1) is 16.9 Å². The molecule has 2 aliphatic rings. The van der Waals surface area contributed by atoms with E-state index in [9.17, 15) is 14.7 Å². The van der Waals surface area contributed by atoms with Gasteiger partial charge in [-0.15, -0.1) is 11.3 Å². The summed E-state index contributed by atoms with van der Waals surface area (Å²) in [5.41, 5.74) is 4.30. The minimum atomic E-state index is -1.05. The molecule has 0 fully saturated rings. The number of rotatable bonds is 4. The molecule has 4 aromatic rings. The van der Waals surface area contributed by atoms with Gasteiger partial charge in [0.25, 0.3) is 0 Å². The number of anilines is 1. The first-order valence-corrected chi connectivity index (χ1v) is 13.4. The molecular formula is C28H21Cl2N3O3S. The van der Waals surface area contributed by atoms with Crippen molar-refractivity contribution in [1.29, 1.82) is 0 Å². The Bertz CT molecular complexity index is 1610. The van der Waals surface area contributed by atoms with Crippen LogP contribution in [0, 0.1) is 6.92 Å². The second kappa shape index (κ2) is 9.17. The van der Waals surface area contributed by atoms with Crippen LogP contribution in [0.1, 0.15) is 56.7 Å². The van der Waals surface area contributed by atoms with Crippen LogP contribution in [0.2, 0.25) is 10.0 Å². The highest BCUT2D eigenvalue weighted by molar-refractivity contribution is 7.10. The highest BCUT2D eigenvalue weighted by Crippen LogP contribution is 2.51. The second-order valence-corrected chi connectivity index (χ2v) is 11.1. The van der Waals surface area contributed by atoms with Gasteiger partial charge in [-0.1, -0.05) is 47.5 Å². The van der Waals surface area contributed by atoms with Crippen LogP contribution >= 0.6 is 34.5 Å². The maximum atomic E-state index is 13.8. The molecule has 2 atom stereocenters. The zero-order valence-electron chi connectivity index (χ0n) is 19.7. The second-order valence-electron chi connectivity index (χ2n) is 9.24. The number of benzene rings is 2. The number of ketones is 1. The van der Waals surface area contributed by atoms with Crippen molar-refractivity contribution in [2.24, 2.45) is 0 Å². The van der Waals surface area contributed by atoms with E-state index in [4.69, 9.17) is 28.3 Å². The van der Waals surface area contributed by atoms with Crippen LogP contribution in [0.15, 0.2) is 71.2 Å². The summed E-state index contributed by atoms with van der Waals surface area (Å²) in [6.07, 6.45) is 1.06. The Labute approximate surface area is 227 Å². The zero-order chi connectivity index (χ0) is 25.8. The van der Waals surface area contributed by atoms with Gasteiger partial charge in [0, 0.05) is 50.0 Å². The van der Waals surface area contributed by atoms with Crippen LogP contribution < -0.4 is 5.32 Å². The molecule has 1 aliphatic heterocycles. The number of Topliss-reactive ketones (excluding diaryl/α,β-unsaturated/α-hetero) is 1. The fourth-order valence-corrected chi connectivity index (χ4v) is 6.81. The van der Waals surface area contributed by atoms with Crippen molar-refractivity contribution < 1.29 is 14.7 Å². The van der Waals surface area contributed by atoms with Gasteiger partial charge in [-0.3, -0.25) is 4.79 Å². The predicted octanol–water partition coefficient (Wildman–Crippen LogP) is 7.21. The number of hydrogen-bond donors (Lipinski definition) is 2. The number of thiophene rings is 1. The summed E-state index contributed by atoms with van der Waals surface area (Å²) >= 11 is 14.6. The standard InChI is InChI=1S/C28H21Cl2N3O3S/c1-14-24-25(17-9-8-16(29)13-19(17)30)26-20(11-15(12-22(26)34)23-7-4-10-37-23)31-27(24)33(32-14)21-6-3-2-5-18(21)28(35)36/h2-10,13,15,25,31H,11-12H2,1H3,(H,35,36)/t15-,25-/m1/s1. The normalized spacial score (nSPS) is 18.8. The number of aryl methyl sites for hydroxylation is 1. The lowest BCUT2D eigenvalue weighted by atomic mass is 9.73. The van der Waals surface area contributed by atoms with Crippen molar-refractivity contribution in [2.75, 3.05) is 5.32 Å². The molecule has 0 amide bonds. The molecule has 1 aliphatic carbocycles. The number of aromatic carboxylic acids is 1. The molecule has 3 heterocycles. The number of para-hydroxylation sites is 1. The molecule has 0 unspecified atom stereocenters. The topological polar surface area (TPSA) is 84.2 Å². The smallest absolute Gasteiger partial charge is 0.337 e. The van der Waals surface area contributed by atoms with Crippen molar-refractivity contribution in [3.05, 3.63) is 109 Å². The molecule has 0 bridgehead atoms. The number of nitrogens with one attached hydrogen (secondary N) is 1. The predicted molar refractivity (Wildman–Crippen MR) is 146 cm³/mol. The number of fused-ring (bicyclic) bond motifs is 1. The van der Waals surface area contributed by atoms with E-state index in [-0.39, 0.29) is 17.3 Å². The maximum Gasteiger partial charge on any atom is 0.337 e. The Morgan fingerprint density at radius 2 is 1.95 bits per heavy atom. The molecule has 0 radical (unpaired) electrons. The molecule has 2 aromatic heterocycles. The molecule has 0 saturated carbocycles. The number of halogens is 2. The summed E-state index contributed by atoms with van der Waals surface area (Å²) < 4.78 is 1.63. The van der Waals surface area contributed by atoms with Gasteiger partial charge in [-0.25, -0.2) is 9.48 Å². The number of carbonyl (C=O) groups is 2. The Hall–Kier alpha value is -3.39. The molecule has 6 rings (SSSR count). The van der Waals surface area contributed by atoms with E-state index < -0.39 is 11.9 Å². The molecule has 6 nitrogen and oxygen atoms in total. The Morgan fingerprint density at radius 1 is 1.14 bits per heavy atom.